The number of ether oxygens (including phenoxy) is 2. The van der Waals surface area contributed by atoms with Gasteiger partial charge in [-0.1, -0.05) is 12.1 Å². The maximum absolute atomic E-state index is 12.2. The molecular weight excluding hydrogens is 388 g/mol. The molecule has 8 nitrogen and oxygen atoms in total. The first-order chi connectivity index (χ1) is 13.8. The number of hydrogen-bond donors (Lipinski definition) is 3. The van der Waals surface area contributed by atoms with E-state index in [1.807, 2.05) is 24.3 Å². The van der Waals surface area contributed by atoms with Crippen molar-refractivity contribution in [2.24, 2.45) is 5.41 Å². The van der Waals surface area contributed by atoms with Gasteiger partial charge in [0.15, 0.2) is 0 Å². The molecule has 0 aliphatic heterocycles. The first kappa shape index (κ1) is 25.3. The summed E-state index contributed by atoms with van der Waals surface area (Å²) in [5.74, 6) is -1.27. The van der Waals surface area contributed by atoms with Gasteiger partial charge in [-0.2, -0.15) is 0 Å². The number of carbonyl (C=O) groups excluding carboxylic acids is 2. The summed E-state index contributed by atoms with van der Waals surface area (Å²) < 4.78 is 10.2. The summed E-state index contributed by atoms with van der Waals surface area (Å²) in [7, 11) is 0. The van der Waals surface area contributed by atoms with Crippen LogP contribution in [0.2, 0.25) is 0 Å². The molecule has 8 heteroatoms. The fraction of sp³-hybridized carbons (Fsp3) is 0.591. The van der Waals surface area contributed by atoms with Crippen LogP contribution in [0.1, 0.15) is 53.5 Å². The van der Waals surface area contributed by atoms with Crippen LogP contribution in [0.3, 0.4) is 0 Å². The molecule has 3 N–H and O–H groups in total. The van der Waals surface area contributed by atoms with Crippen LogP contribution in [0.25, 0.3) is 0 Å². The Morgan fingerprint density at radius 3 is 2.17 bits per heavy atom. The molecule has 168 valence electrons. The lowest BCUT2D eigenvalue weighted by Crippen LogP contribution is -2.43. The largest absolute Gasteiger partial charge is 0.481 e. The Balaban J connectivity index is 2.83. The Bertz CT molecular complexity index is 722. The molecule has 30 heavy (non-hydrogen) atoms. The summed E-state index contributed by atoms with van der Waals surface area (Å²) in [5.41, 5.74) is 0.0116. The molecule has 1 amide bonds. The van der Waals surface area contributed by atoms with Gasteiger partial charge in [0, 0.05) is 11.7 Å². The van der Waals surface area contributed by atoms with Crippen LogP contribution < -0.4 is 10.6 Å². The second-order valence-corrected chi connectivity index (χ2v) is 8.80. The monoisotopic (exact) mass is 422 g/mol. The number of amides is 1. The lowest BCUT2D eigenvalue weighted by molar-refractivity contribution is -0.147. The summed E-state index contributed by atoms with van der Waals surface area (Å²) in [4.78, 5) is 35.2. The smallest absolute Gasteiger partial charge is 0.407 e. The number of nitrogens with one attached hydrogen (secondary N) is 2. The number of hydrogen-bond acceptors (Lipinski definition) is 6. The molecule has 0 spiro atoms. The van der Waals surface area contributed by atoms with E-state index < -0.39 is 29.1 Å². The Morgan fingerprint density at radius 1 is 1.07 bits per heavy atom. The van der Waals surface area contributed by atoms with Gasteiger partial charge in [-0.05, 0) is 72.1 Å². The Labute approximate surface area is 178 Å². The van der Waals surface area contributed by atoms with Crippen molar-refractivity contribution in [1.82, 2.24) is 5.32 Å². The van der Waals surface area contributed by atoms with Crippen molar-refractivity contribution in [1.29, 1.82) is 0 Å². The van der Waals surface area contributed by atoms with E-state index in [1.165, 1.54) is 0 Å². The molecule has 0 fully saturated rings. The summed E-state index contributed by atoms with van der Waals surface area (Å²) in [6, 6.07) is 6.95. The predicted molar refractivity (Wildman–Crippen MR) is 114 cm³/mol. The molecule has 0 aliphatic carbocycles. The standard InChI is InChI=1S/C22H34N2O6/c1-7-29-18(25)14-23-16-10-8-15(9-11-16)12-17(13-22(5,6)19(26)27)24-20(28)30-21(2,3)4/h8-11,17,23H,7,12-14H2,1-6H3,(H,24,28)(H,26,27)/t17-/m0/s1. The Morgan fingerprint density at radius 2 is 1.67 bits per heavy atom. The average molecular weight is 423 g/mol. The summed E-state index contributed by atoms with van der Waals surface area (Å²) in [6.07, 6.45) is 0.0971. The zero-order valence-corrected chi connectivity index (χ0v) is 18.7. The first-order valence-electron chi connectivity index (χ1n) is 10.0. The first-order valence-corrected chi connectivity index (χ1v) is 10.0. The number of carboxylic acid groups (broad SMARTS) is 1. The molecule has 0 saturated heterocycles. The van der Waals surface area contributed by atoms with Gasteiger partial charge in [-0.15, -0.1) is 0 Å². The van der Waals surface area contributed by atoms with Gasteiger partial charge in [-0.3, -0.25) is 9.59 Å². The third-order valence-electron chi connectivity index (χ3n) is 4.23. The van der Waals surface area contributed by atoms with Gasteiger partial charge in [0.05, 0.1) is 12.0 Å². The zero-order valence-electron chi connectivity index (χ0n) is 18.7. The van der Waals surface area contributed by atoms with Crippen LogP contribution in [0.4, 0.5) is 10.5 Å². The van der Waals surface area contributed by atoms with Gasteiger partial charge in [0.25, 0.3) is 0 Å². The van der Waals surface area contributed by atoms with Crippen molar-refractivity contribution in [2.45, 2.75) is 66.0 Å². The fourth-order valence-electron chi connectivity index (χ4n) is 2.78. The second-order valence-electron chi connectivity index (χ2n) is 8.80. The normalized spacial score (nSPS) is 12.6. The SMILES string of the molecule is CCOC(=O)CNc1ccc(C[C@@H](CC(C)(C)C(=O)O)NC(=O)OC(C)(C)C)cc1. The molecule has 0 radical (unpaired) electrons. The predicted octanol–water partition coefficient (Wildman–Crippen LogP) is 3.60. The third kappa shape index (κ3) is 9.62. The molecule has 0 aliphatic rings. The number of rotatable bonds is 10. The van der Waals surface area contributed by atoms with Crippen molar-refractivity contribution >= 4 is 23.7 Å². The Hall–Kier alpha value is -2.77. The highest BCUT2D eigenvalue weighted by Gasteiger charge is 2.32. The minimum absolute atomic E-state index is 0.0722. The maximum Gasteiger partial charge on any atom is 0.407 e. The van der Waals surface area contributed by atoms with E-state index in [-0.39, 0.29) is 18.9 Å². The van der Waals surface area contributed by atoms with Crippen LogP contribution in [0.15, 0.2) is 24.3 Å². The van der Waals surface area contributed by atoms with Gasteiger partial charge in [0.1, 0.15) is 12.1 Å². The van der Waals surface area contributed by atoms with Gasteiger partial charge in [-0.25, -0.2) is 4.79 Å². The molecular formula is C22H34N2O6. The van der Waals surface area contributed by atoms with Gasteiger partial charge < -0.3 is 25.2 Å². The topological polar surface area (TPSA) is 114 Å². The van der Waals surface area contributed by atoms with Crippen LogP contribution in [-0.2, 0) is 25.5 Å². The molecule has 1 atom stereocenters. The minimum atomic E-state index is -1.01. The Kier molecular flexibility index (Phi) is 9.14. The van der Waals surface area contributed by atoms with E-state index in [9.17, 15) is 19.5 Å². The highest BCUT2D eigenvalue weighted by atomic mass is 16.6. The summed E-state index contributed by atoms with van der Waals surface area (Å²) in [5, 5.41) is 15.2. The summed E-state index contributed by atoms with van der Waals surface area (Å²) in [6.45, 7) is 10.7. The van der Waals surface area contributed by atoms with Crippen LogP contribution in [0, 0.1) is 5.41 Å². The lowest BCUT2D eigenvalue weighted by Gasteiger charge is -2.28. The zero-order chi connectivity index (χ0) is 22.9. The van der Waals surface area contributed by atoms with E-state index >= 15 is 0 Å². The molecule has 0 bridgehead atoms. The van der Waals surface area contributed by atoms with Crippen LogP contribution in [-0.4, -0.2) is 47.9 Å². The average Bonchev–Trinajstić information content (AvgIpc) is 2.59. The van der Waals surface area contributed by atoms with E-state index in [2.05, 4.69) is 10.6 Å². The number of benzene rings is 1. The van der Waals surface area contributed by atoms with Crippen molar-refractivity contribution in [3.8, 4) is 0 Å². The van der Waals surface area contributed by atoms with Crippen molar-refractivity contribution in [2.75, 3.05) is 18.5 Å². The molecule has 1 aromatic carbocycles. The molecule has 0 aromatic heterocycles. The quantitative estimate of drug-likeness (QED) is 0.494. The molecule has 1 aromatic rings. The fourth-order valence-corrected chi connectivity index (χ4v) is 2.78. The molecule has 1 rings (SSSR count). The lowest BCUT2D eigenvalue weighted by atomic mass is 9.84. The van der Waals surface area contributed by atoms with Crippen molar-refractivity contribution in [3.63, 3.8) is 0 Å². The minimum Gasteiger partial charge on any atom is -0.481 e. The number of anilines is 1. The number of alkyl carbamates (subject to hydrolysis) is 1. The van der Waals surface area contributed by atoms with E-state index in [4.69, 9.17) is 9.47 Å². The molecule has 0 unspecified atom stereocenters. The number of esters is 1. The number of aliphatic carboxylic acids is 1. The van der Waals surface area contributed by atoms with E-state index in [1.54, 1.807) is 41.5 Å². The second kappa shape index (κ2) is 10.8. The van der Waals surface area contributed by atoms with E-state index in [0.717, 1.165) is 11.3 Å². The maximum atomic E-state index is 12.2. The van der Waals surface area contributed by atoms with Crippen LogP contribution >= 0.6 is 0 Å². The van der Waals surface area contributed by atoms with Crippen molar-refractivity contribution < 1.29 is 29.0 Å². The summed E-state index contributed by atoms with van der Waals surface area (Å²) >= 11 is 0. The highest BCUT2D eigenvalue weighted by molar-refractivity contribution is 5.75. The third-order valence-corrected chi connectivity index (χ3v) is 4.23. The van der Waals surface area contributed by atoms with Crippen molar-refractivity contribution in [3.05, 3.63) is 29.8 Å². The molecule has 0 heterocycles. The number of carboxylic acids is 1. The molecule has 0 saturated carbocycles. The van der Waals surface area contributed by atoms with E-state index in [0.29, 0.717) is 13.0 Å². The van der Waals surface area contributed by atoms with Crippen LogP contribution in [0.5, 0.6) is 0 Å². The van der Waals surface area contributed by atoms with Gasteiger partial charge in [0.2, 0.25) is 0 Å². The van der Waals surface area contributed by atoms with Gasteiger partial charge >= 0.3 is 18.0 Å². The highest BCUT2D eigenvalue weighted by Crippen LogP contribution is 2.25. The number of carbonyl (C=O) groups is 3.